The molecule has 0 aliphatic carbocycles. The first kappa shape index (κ1) is 26.5. The van der Waals surface area contributed by atoms with Gasteiger partial charge in [-0.1, -0.05) is 82.9 Å². The largest absolute Gasteiger partial charge is 0.391 e. The van der Waals surface area contributed by atoms with Crippen molar-refractivity contribution >= 4 is 35.0 Å². The molecule has 190 valence electrons. The van der Waals surface area contributed by atoms with E-state index in [0.29, 0.717) is 21.7 Å². The molecule has 0 saturated heterocycles. The second-order valence-electron chi connectivity index (χ2n) is 8.44. The van der Waals surface area contributed by atoms with Gasteiger partial charge in [-0.05, 0) is 40.4 Å². The highest BCUT2D eigenvalue weighted by Gasteiger charge is 2.45. The monoisotopic (exact) mass is 539 g/mol. The Bertz CT molecular complexity index is 1330. The van der Waals surface area contributed by atoms with Crippen molar-refractivity contribution in [3.05, 3.63) is 116 Å². The summed E-state index contributed by atoms with van der Waals surface area (Å²) in [5.41, 5.74) is 13.3. The Kier molecular flexibility index (Phi) is 8.66. The number of fused-ring (bicyclic) bond motifs is 1. The zero-order chi connectivity index (χ0) is 26.4. The number of carbonyl (C=O) groups excluding carboxylic acids is 2. The minimum Gasteiger partial charge on any atom is -0.391 e. The SMILES string of the molecule is [N-]=[N+]=NCC(O)CN1C(=O)c2ccccc2[C@@H](C(=O)NOCc2ccccc2)[C@@H]1c1ccc(Cl)cc1Cl. The van der Waals surface area contributed by atoms with E-state index < -0.39 is 29.9 Å². The summed E-state index contributed by atoms with van der Waals surface area (Å²) < 4.78 is 0. The number of aliphatic hydroxyl groups excluding tert-OH is 1. The molecule has 2 amide bonds. The van der Waals surface area contributed by atoms with Gasteiger partial charge in [-0.3, -0.25) is 14.4 Å². The predicted octanol–water partition coefficient (Wildman–Crippen LogP) is 5.19. The van der Waals surface area contributed by atoms with Crippen molar-refractivity contribution in [1.82, 2.24) is 10.4 Å². The summed E-state index contributed by atoms with van der Waals surface area (Å²) in [6.45, 7) is -0.314. The molecule has 3 aromatic rings. The van der Waals surface area contributed by atoms with Gasteiger partial charge in [0, 0.05) is 27.1 Å². The number of rotatable bonds is 9. The molecule has 0 aromatic heterocycles. The van der Waals surface area contributed by atoms with Gasteiger partial charge in [-0.15, -0.1) is 0 Å². The van der Waals surface area contributed by atoms with Crippen molar-refractivity contribution < 1.29 is 19.5 Å². The van der Waals surface area contributed by atoms with E-state index in [2.05, 4.69) is 15.5 Å². The number of amides is 2. The Balaban J connectivity index is 1.74. The van der Waals surface area contributed by atoms with E-state index in [9.17, 15) is 14.7 Å². The zero-order valence-corrected chi connectivity index (χ0v) is 21.0. The standard InChI is InChI=1S/C26H23Cl2N5O4/c27-17-10-11-21(22(28)12-17)24-23(25(35)31-37-15-16-6-2-1-3-7-16)19-8-4-5-9-20(19)26(36)33(24)14-18(34)13-30-32-29/h1-12,18,23-24,34H,13-15H2,(H,31,35)/t18?,23-,24+/m1/s1. The lowest BCUT2D eigenvalue weighted by Gasteiger charge is -2.42. The number of benzene rings is 3. The minimum atomic E-state index is -1.17. The number of carbonyl (C=O) groups is 2. The third-order valence-corrected chi connectivity index (χ3v) is 6.58. The summed E-state index contributed by atoms with van der Waals surface area (Å²) in [5, 5.41) is 14.6. The second kappa shape index (κ2) is 12.1. The van der Waals surface area contributed by atoms with Crippen molar-refractivity contribution in [2.75, 3.05) is 13.1 Å². The Morgan fingerprint density at radius 2 is 1.84 bits per heavy atom. The average molecular weight is 540 g/mol. The first-order valence-corrected chi connectivity index (χ1v) is 12.2. The number of hydrogen-bond donors (Lipinski definition) is 2. The van der Waals surface area contributed by atoms with E-state index in [1.165, 1.54) is 11.0 Å². The van der Waals surface area contributed by atoms with Crippen LogP contribution in [0.5, 0.6) is 0 Å². The topological polar surface area (TPSA) is 128 Å². The molecule has 1 unspecified atom stereocenters. The molecule has 0 saturated carbocycles. The zero-order valence-electron chi connectivity index (χ0n) is 19.5. The lowest BCUT2D eigenvalue weighted by molar-refractivity contribution is -0.138. The molecule has 3 aromatic carbocycles. The predicted molar refractivity (Wildman–Crippen MR) is 139 cm³/mol. The first-order valence-electron chi connectivity index (χ1n) is 11.4. The van der Waals surface area contributed by atoms with E-state index in [1.54, 1.807) is 36.4 Å². The van der Waals surface area contributed by atoms with Crippen LogP contribution in [0.25, 0.3) is 10.4 Å². The van der Waals surface area contributed by atoms with Crippen molar-refractivity contribution in [2.24, 2.45) is 5.11 Å². The van der Waals surface area contributed by atoms with E-state index in [1.807, 2.05) is 30.3 Å². The maximum Gasteiger partial charge on any atom is 0.254 e. The summed E-state index contributed by atoms with van der Waals surface area (Å²) in [5.74, 6) is -1.84. The normalized spacial score (nSPS) is 17.5. The Labute approximate surface area is 223 Å². The maximum absolute atomic E-state index is 13.7. The van der Waals surface area contributed by atoms with Gasteiger partial charge in [0.15, 0.2) is 0 Å². The average Bonchev–Trinajstić information content (AvgIpc) is 2.90. The summed E-state index contributed by atoms with van der Waals surface area (Å²) in [7, 11) is 0. The van der Waals surface area contributed by atoms with Gasteiger partial charge in [0.1, 0.15) is 0 Å². The molecule has 0 fully saturated rings. The second-order valence-corrected chi connectivity index (χ2v) is 9.28. The Morgan fingerprint density at radius 3 is 2.57 bits per heavy atom. The molecule has 2 N–H and O–H groups in total. The summed E-state index contributed by atoms with van der Waals surface area (Å²) in [6, 6.07) is 20.0. The van der Waals surface area contributed by atoms with Crippen LogP contribution in [0.4, 0.5) is 0 Å². The van der Waals surface area contributed by atoms with Crippen LogP contribution in [0, 0.1) is 0 Å². The molecular formula is C26H23Cl2N5O4. The molecule has 37 heavy (non-hydrogen) atoms. The molecule has 3 atom stereocenters. The molecule has 1 heterocycles. The first-order chi connectivity index (χ1) is 17.9. The van der Waals surface area contributed by atoms with Crippen molar-refractivity contribution in [3.63, 3.8) is 0 Å². The molecule has 1 aliphatic heterocycles. The number of aliphatic hydroxyl groups is 1. The van der Waals surface area contributed by atoms with E-state index in [-0.39, 0.29) is 24.7 Å². The fraction of sp³-hybridized carbons (Fsp3) is 0.231. The molecule has 0 radical (unpaired) electrons. The molecule has 9 nitrogen and oxygen atoms in total. The third kappa shape index (κ3) is 6.05. The summed E-state index contributed by atoms with van der Waals surface area (Å²) in [4.78, 5) is 36.8. The number of azide groups is 1. The number of halogens is 2. The lowest BCUT2D eigenvalue weighted by atomic mass is 9.79. The number of hydrogen-bond acceptors (Lipinski definition) is 5. The smallest absolute Gasteiger partial charge is 0.254 e. The van der Waals surface area contributed by atoms with Crippen LogP contribution in [0.15, 0.2) is 77.9 Å². The van der Waals surface area contributed by atoms with Crippen LogP contribution in [0.2, 0.25) is 10.0 Å². The third-order valence-electron chi connectivity index (χ3n) is 6.02. The fourth-order valence-electron chi connectivity index (χ4n) is 4.41. The number of β-amino-alcohol motifs (C(OH)–C–C–N with tert-alkyl or cyclic N) is 1. The van der Waals surface area contributed by atoms with Crippen LogP contribution < -0.4 is 5.48 Å². The van der Waals surface area contributed by atoms with Gasteiger partial charge in [0.05, 0.1) is 31.2 Å². The molecule has 0 bridgehead atoms. The highest BCUT2D eigenvalue weighted by atomic mass is 35.5. The quantitative estimate of drug-likeness (QED) is 0.168. The molecule has 4 rings (SSSR count). The van der Waals surface area contributed by atoms with Crippen molar-refractivity contribution in [1.29, 1.82) is 0 Å². The summed E-state index contributed by atoms with van der Waals surface area (Å²) >= 11 is 12.7. The van der Waals surface area contributed by atoms with E-state index in [4.69, 9.17) is 33.6 Å². The number of nitrogens with one attached hydrogen (secondary N) is 1. The van der Waals surface area contributed by atoms with E-state index in [0.717, 1.165) is 5.56 Å². The molecule has 1 aliphatic rings. The van der Waals surface area contributed by atoms with Gasteiger partial charge >= 0.3 is 0 Å². The van der Waals surface area contributed by atoms with Gasteiger partial charge in [0.2, 0.25) is 0 Å². The van der Waals surface area contributed by atoms with Crippen LogP contribution in [0.3, 0.4) is 0 Å². The highest BCUT2D eigenvalue weighted by molar-refractivity contribution is 6.35. The van der Waals surface area contributed by atoms with Crippen LogP contribution >= 0.6 is 23.2 Å². The molecule has 11 heteroatoms. The lowest BCUT2D eigenvalue weighted by Crippen LogP contribution is -2.50. The van der Waals surface area contributed by atoms with Gasteiger partial charge in [-0.25, -0.2) is 5.48 Å². The molecule has 0 spiro atoms. The van der Waals surface area contributed by atoms with Crippen molar-refractivity contribution in [2.45, 2.75) is 24.7 Å². The fourth-order valence-corrected chi connectivity index (χ4v) is 4.93. The van der Waals surface area contributed by atoms with Crippen LogP contribution in [-0.4, -0.2) is 41.0 Å². The maximum atomic E-state index is 13.7. The number of hydroxylamine groups is 1. The number of nitrogens with zero attached hydrogens (tertiary/aromatic N) is 4. The van der Waals surface area contributed by atoms with Gasteiger partial charge in [-0.2, -0.15) is 0 Å². The molecular weight excluding hydrogens is 517 g/mol. The Morgan fingerprint density at radius 1 is 1.11 bits per heavy atom. The van der Waals surface area contributed by atoms with Gasteiger partial charge < -0.3 is 10.0 Å². The van der Waals surface area contributed by atoms with Crippen LogP contribution in [-0.2, 0) is 16.2 Å². The minimum absolute atomic E-state index is 0.140. The highest BCUT2D eigenvalue weighted by Crippen LogP contribution is 2.45. The van der Waals surface area contributed by atoms with Crippen LogP contribution in [0.1, 0.15) is 39.0 Å². The Hall–Kier alpha value is -3.59. The summed E-state index contributed by atoms with van der Waals surface area (Å²) in [6.07, 6.45) is -1.17. The van der Waals surface area contributed by atoms with E-state index >= 15 is 0 Å². The van der Waals surface area contributed by atoms with Gasteiger partial charge in [0.25, 0.3) is 11.8 Å². The van der Waals surface area contributed by atoms with Crippen molar-refractivity contribution in [3.8, 4) is 0 Å².